The van der Waals surface area contributed by atoms with Crippen LogP contribution in [0, 0.1) is 50.2 Å². The Kier molecular flexibility index (Phi) is 8.68. The zero-order chi connectivity index (χ0) is 34.7. The maximum absolute atomic E-state index is 14.5. The number of carbonyl (C=O) groups is 1. The van der Waals surface area contributed by atoms with E-state index in [0.717, 1.165) is 31.3 Å². The van der Waals surface area contributed by atoms with Crippen molar-refractivity contribution in [3.63, 3.8) is 0 Å². The normalized spacial score (nSPS) is 55.4. The first kappa shape index (κ1) is 35.7. The minimum absolute atomic E-state index is 0.0259. The zero-order valence-electron chi connectivity index (χ0n) is 28.8. The fraction of sp³-hybridized carbons (Fsp3) is 0.917. The summed E-state index contributed by atoms with van der Waals surface area (Å²) in [4.78, 5) is 14.5. The van der Waals surface area contributed by atoms with Crippen molar-refractivity contribution in [3.8, 4) is 0 Å². The minimum Gasteiger partial charge on any atom is -0.432 e. The molecule has 5 fully saturated rings. The van der Waals surface area contributed by atoms with Gasteiger partial charge < -0.3 is 50.3 Å². The molecule has 16 atom stereocenters. The topological polar surface area (TPSA) is 197 Å². The Hall–Kier alpha value is -1.15. The second kappa shape index (κ2) is 11.4. The number of ether oxygens (including phenoxy) is 2. The molecule has 0 aromatic heterocycles. The second-order valence-electron chi connectivity index (χ2n) is 17.7. The first-order valence-electron chi connectivity index (χ1n) is 17.7. The average Bonchev–Trinajstić information content (AvgIpc) is 3.02. The summed E-state index contributed by atoms with van der Waals surface area (Å²) in [5.74, 6) is -1.07. The highest BCUT2D eigenvalue weighted by molar-refractivity contribution is 5.79. The van der Waals surface area contributed by atoms with Gasteiger partial charge in [0.25, 0.3) is 0 Å². The number of aliphatic hydroxyl groups excluding tert-OH is 8. The smallest absolute Gasteiger partial charge is 0.315 e. The van der Waals surface area contributed by atoms with Crippen LogP contribution in [0.4, 0.5) is 0 Å². The van der Waals surface area contributed by atoms with E-state index in [-0.39, 0.29) is 35.7 Å². The molecule has 1 unspecified atom stereocenters. The number of rotatable bonds is 4. The van der Waals surface area contributed by atoms with E-state index in [1.165, 1.54) is 0 Å². The standard InChI is InChI=1S/C36H58O11/c1-31(2)23(40)15-36(30(45)47-29-27(43)26(42)25(41)19(16-37)46-29)14-13-34(5)18(24(36)28(31)44)7-8-21-32(3)11-10-22(39)33(4,17-38)20(32)9-12-35(21,34)6/h7,19-29,37-44H,8-17H2,1-6H3/t19-,20?,21-,22-,23-,24-,25-,26+,27-,28+,29+,32+,33-,34-,35-,36-/m1/s1. The van der Waals surface area contributed by atoms with Crippen LogP contribution < -0.4 is 0 Å². The fourth-order valence-electron chi connectivity index (χ4n) is 12.0. The van der Waals surface area contributed by atoms with Crippen LogP contribution in [0.1, 0.15) is 92.9 Å². The Balaban J connectivity index is 1.40. The first-order chi connectivity index (χ1) is 21.8. The molecule has 0 aromatic carbocycles. The molecule has 0 radical (unpaired) electrons. The summed E-state index contributed by atoms with van der Waals surface area (Å²) in [5.41, 5.74) is -2.65. The number of allylic oxidation sites excluding steroid dienone is 1. The van der Waals surface area contributed by atoms with Gasteiger partial charge in [0.05, 0.1) is 36.9 Å². The van der Waals surface area contributed by atoms with Crippen molar-refractivity contribution < 1.29 is 55.1 Å². The largest absolute Gasteiger partial charge is 0.432 e. The van der Waals surface area contributed by atoms with Gasteiger partial charge in [-0.15, -0.1) is 0 Å². The predicted octanol–water partition coefficient (Wildman–Crippen LogP) is 1.41. The average molecular weight is 667 g/mol. The Labute approximate surface area is 278 Å². The van der Waals surface area contributed by atoms with E-state index in [1.807, 2.05) is 20.8 Å². The summed E-state index contributed by atoms with van der Waals surface area (Å²) in [6, 6.07) is 0. The molecule has 6 rings (SSSR count). The van der Waals surface area contributed by atoms with Crippen LogP contribution >= 0.6 is 0 Å². The van der Waals surface area contributed by atoms with Crippen molar-refractivity contribution >= 4 is 5.97 Å². The van der Waals surface area contributed by atoms with Gasteiger partial charge in [-0.3, -0.25) is 4.79 Å². The van der Waals surface area contributed by atoms with Crippen molar-refractivity contribution in [1.29, 1.82) is 0 Å². The zero-order valence-corrected chi connectivity index (χ0v) is 28.8. The van der Waals surface area contributed by atoms with Gasteiger partial charge in [-0.1, -0.05) is 53.2 Å². The highest BCUT2D eigenvalue weighted by Gasteiger charge is 2.72. The molecule has 1 heterocycles. The number of hydrogen-bond acceptors (Lipinski definition) is 11. The van der Waals surface area contributed by atoms with Crippen LogP contribution in [0.2, 0.25) is 0 Å². The summed E-state index contributed by atoms with van der Waals surface area (Å²) in [6.45, 7) is 11.9. The van der Waals surface area contributed by atoms with Gasteiger partial charge in [-0.05, 0) is 79.4 Å². The van der Waals surface area contributed by atoms with Gasteiger partial charge in [0.1, 0.15) is 24.4 Å². The quantitative estimate of drug-likeness (QED) is 0.160. The van der Waals surface area contributed by atoms with Crippen molar-refractivity contribution in [1.82, 2.24) is 0 Å². The number of carbonyl (C=O) groups excluding carboxylic acids is 1. The van der Waals surface area contributed by atoms with Gasteiger partial charge >= 0.3 is 5.97 Å². The van der Waals surface area contributed by atoms with Gasteiger partial charge in [-0.2, -0.15) is 0 Å². The molecule has 268 valence electrons. The molecule has 11 nitrogen and oxygen atoms in total. The summed E-state index contributed by atoms with van der Waals surface area (Å²) in [6.07, 6.45) is -3.63. The molecule has 47 heavy (non-hydrogen) atoms. The Morgan fingerprint density at radius 1 is 0.851 bits per heavy atom. The molecule has 0 amide bonds. The van der Waals surface area contributed by atoms with E-state index < -0.39 is 89.2 Å². The summed E-state index contributed by atoms with van der Waals surface area (Å²) in [7, 11) is 0. The number of fused-ring (bicyclic) bond motifs is 7. The molecule has 8 N–H and O–H groups in total. The van der Waals surface area contributed by atoms with Crippen LogP contribution in [-0.2, 0) is 14.3 Å². The van der Waals surface area contributed by atoms with Crippen molar-refractivity contribution in [2.24, 2.45) is 50.2 Å². The van der Waals surface area contributed by atoms with Crippen LogP contribution in [-0.4, -0.2) is 109 Å². The van der Waals surface area contributed by atoms with Gasteiger partial charge in [0, 0.05) is 16.7 Å². The van der Waals surface area contributed by atoms with E-state index in [2.05, 4.69) is 26.8 Å². The summed E-state index contributed by atoms with van der Waals surface area (Å²) < 4.78 is 11.3. The van der Waals surface area contributed by atoms with Crippen LogP contribution in [0.5, 0.6) is 0 Å². The summed E-state index contributed by atoms with van der Waals surface area (Å²) in [5, 5.41) is 86.2. The van der Waals surface area contributed by atoms with Crippen molar-refractivity contribution in [3.05, 3.63) is 11.6 Å². The minimum atomic E-state index is -1.77. The maximum atomic E-state index is 14.5. The Bertz CT molecular complexity index is 1270. The van der Waals surface area contributed by atoms with E-state index in [4.69, 9.17) is 9.47 Å². The molecule has 0 bridgehead atoms. The lowest BCUT2D eigenvalue weighted by Gasteiger charge is -2.71. The highest BCUT2D eigenvalue weighted by atomic mass is 16.7. The lowest BCUT2D eigenvalue weighted by Crippen LogP contribution is -2.69. The molecule has 0 aromatic rings. The second-order valence-corrected chi connectivity index (χ2v) is 17.7. The molecule has 1 aliphatic heterocycles. The molecule has 11 heteroatoms. The van der Waals surface area contributed by atoms with Crippen LogP contribution in [0.15, 0.2) is 11.6 Å². The lowest BCUT2D eigenvalue weighted by molar-refractivity contribution is -0.300. The molecular weight excluding hydrogens is 608 g/mol. The van der Waals surface area contributed by atoms with E-state index in [0.29, 0.717) is 19.3 Å². The summed E-state index contributed by atoms with van der Waals surface area (Å²) >= 11 is 0. The van der Waals surface area contributed by atoms with Gasteiger partial charge in [-0.25, -0.2) is 0 Å². The highest BCUT2D eigenvalue weighted by Crippen LogP contribution is 2.75. The SMILES string of the molecule is CC1(C)[C@H](O)C[C@]2(C(=O)O[C@@H]3O[C@H](CO)[C@@H](O)[C@H](O)[C@H]3O)CC[C@]3(C)C(=CC[C@@H]4[C@@]5(C)CC[C@@H](O)[C@](C)(CO)C5CC[C@]43C)[C@@H]2[C@@H]1O. The third kappa shape index (κ3) is 4.60. The molecule has 0 spiro atoms. The maximum Gasteiger partial charge on any atom is 0.315 e. The molecule has 1 saturated heterocycles. The third-order valence-electron chi connectivity index (χ3n) is 15.6. The Morgan fingerprint density at radius 3 is 2.17 bits per heavy atom. The predicted molar refractivity (Wildman–Crippen MR) is 169 cm³/mol. The van der Waals surface area contributed by atoms with Gasteiger partial charge in [0.2, 0.25) is 6.29 Å². The molecule has 5 aliphatic carbocycles. The van der Waals surface area contributed by atoms with Crippen LogP contribution in [0.25, 0.3) is 0 Å². The van der Waals surface area contributed by atoms with E-state index >= 15 is 0 Å². The number of aliphatic hydroxyl groups is 8. The van der Waals surface area contributed by atoms with Crippen LogP contribution in [0.3, 0.4) is 0 Å². The van der Waals surface area contributed by atoms with Crippen molar-refractivity contribution in [2.45, 2.75) is 142 Å². The van der Waals surface area contributed by atoms with Gasteiger partial charge in [0.15, 0.2) is 0 Å². The molecule has 6 aliphatic rings. The third-order valence-corrected chi connectivity index (χ3v) is 15.6. The van der Waals surface area contributed by atoms with E-state index in [1.54, 1.807) is 0 Å². The lowest BCUT2D eigenvalue weighted by atomic mass is 9.33. The molecule has 4 saturated carbocycles. The van der Waals surface area contributed by atoms with E-state index in [9.17, 15) is 45.6 Å². The fourth-order valence-corrected chi connectivity index (χ4v) is 12.0. The first-order valence-corrected chi connectivity index (χ1v) is 17.7. The Morgan fingerprint density at radius 2 is 1.53 bits per heavy atom. The molecular formula is C36H58O11. The number of hydrogen-bond donors (Lipinski definition) is 8. The number of esters is 1. The van der Waals surface area contributed by atoms with Crippen molar-refractivity contribution in [2.75, 3.05) is 13.2 Å². The monoisotopic (exact) mass is 666 g/mol.